The molecule has 5 rings (SSSR count). The van der Waals surface area contributed by atoms with Crippen LogP contribution in [0.1, 0.15) is 27.2 Å². The van der Waals surface area contributed by atoms with E-state index in [4.69, 9.17) is 9.47 Å². The molecule has 144 valence electrons. The summed E-state index contributed by atoms with van der Waals surface area (Å²) in [5.74, 6) is 1.58. The van der Waals surface area contributed by atoms with E-state index in [1.807, 2.05) is 48.5 Å². The number of aromatic nitrogens is 1. The first-order chi connectivity index (χ1) is 14.2. The van der Waals surface area contributed by atoms with Crippen LogP contribution in [0.2, 0.25) is 0 Å². The topological polar surface area (TPSA) is 51.7 Å². The molecule has 1 aromatic heterocycles. The van der Waals surface area contributed by atoms with Crippen molar-refractivity contribution in [2.75, 3.05) is 6.73 Å². The first-order valence-electron chi connectivity index (χ1n) is 9.28. The molecule has 0 radical (unpaired) electrons. The van der Waals surface area contributed by atoms with E-state index in [0.29, 0.717) is 36.9 Å². The van der Waals surface area contributed by atoms with Crippen LogP contribution in [-0.4, -0.2) is 22.4 Å². The van der Waals surface area contributed by atoms with Crippen LogP contribution in [0.5, 0.6) is 11.5 Å². The molecule has 0 atom stereocenters. The summed E-state index contributed by atoms with van der Waals surface area (Å²) in [6.07, 6.45) is 3.56. The van der Waals surface area contributed by atoms with Crippen molar-refractivity contribution in [1.29, 1.82) is 0 Å². The molecule has 0 saturated carbocycles. The van der Waals surface area contributed by atoms with Gasteiger partial charge in [0.15, 0.2) is 5.76 Å². The summed E-state index contributed by atoms with van der Waals surface area (Å²) in [5, 5.41) is 0. The number of fused-ring (bicyclic) bond motifs is 3. The molecule has 5 nitrogen and oxygen atoms in total. The minimum absolute atomic E-state index is 0.107. The highest BCUT2D eigenvalue weighted by Crippen LogP contribution is 2.42. The molecule has 2 aromatic carbocycles. The van der Waals surface area contributed by atoms with Crippen molar-refractivity contribution in [2.24, 2.45) is 0 Å². The quantitative estimate of drug-likeness (QED) is 0.538. The third-order valence-corrected chi connectivity index (χ3v) is 5.43. The molecule has 3 heterocycles. The monoisotopic (exact) mass is 448 g/mol. The standard InChI is InChI=1S/C23H17BrN2O3/c24-16-5-3-4-15(10-16)11-21-22(27)18-7-8-20-19(23(18)29-21)13-26(14-28-20)12-17-6-1-2-9-25-17/h1-11H,12-14H2. The smallest absolute Gasteiger partial charge is 0.231 e. The van der Waals surface area contributed by atoms with E-state index in [2.05, 4.69) is 25.8 Å². The van der Waals surface area contributed by atoms with Gasteiger partial charge >= 0.3 is 0 Å². The maximum Gasteiger partial charge on any atom is 0.231 e. The Balaban J connectivity index is 1.44. The van der Waals surface area contributed by atoms with Gasteiger partial charge in [0.2, 0.25) is 5.78 Å². The second kappa shape index (κ2) is 7.46. The van der Waals surface area contributed by atoms with E-state index < -0.39 is 0 Å². The molecule has 0 N–H and O–H groups in total. The summed E-state index contributed by atoms with van der Waals surface area (Å²) in [6.45, 7) is 1.77. The number of nitrogens with zero attached hydrogens (tertiary/aromatic N) is 2. The fourth-order valence-electron chi connectivity index (χ4n) is 3.57. The maximum atomic E-state index is 12.9. The minimum Gasteiger partial charge on any atom is -0.478 e. The number of hydrogen-bond donors (Lipinski definition) is 0. The molecule has 0 amide bonds. The van der Waals surface area contributed by atoms with Crippen LogP contribution in [-0.2, 0) is 13.1 Å². The van der Waals surface area contributed by atoms with Crippen LogP contribution in [0, 0.1) is 0 Å². The highest BCUT2D eigenvalue weighted by molar-refractivity contribution is 9.10. The normalized spacial score (nSPS) is 16.9. The number of pyridine rings is 1. The maximum absolute atomic E-state index is 12.9. The van der Waals surface area contributed by atoms with Gasteiger partial charge in [0.1, 0.15) is 18.2 Å². The van der Waals surface area contributed by atoms with Gasteiger partial charge in [0.25, 0.3) is 0 Å². The molecule has 0 fully saturated rings. The van der Waals surface area contributed by atoms with E-state index in [0.717, 1.165) is 27.0 Å². The highest BCUT2D eigenvalue weighted by Gasteiger charge is 2.33. The van der Waals surface area contributed by atoms with Gasteiger partial charge in [-0.1, -0.05) is 34.1 Å². The first kappa shape index (κ1) is 18.1. The van der Waals surface area contributed by atoms with Crippen molar-refractivity contribution in [2.45, 2.75) is 13.1 Å². The lowest BCUT2D eigenvalue weighted by molar-refractivity contribution is 0.0861. The molecular formula is C23H17BrN2O3. The van der Waals surface area contributed by atoms with Crippen molar-refractivity contribution in [3.05, 3.63) is 93.4 Å². The summed E-state index contributed by atoms with van der Waals surface area (Å²) in [5.41, 5.74) is 3.35. The minimum atomic E-state index is -0.107. The molecule has 6 heteroatoms. The van der Waals surface area contributed by atoms with Gasteiger partial charge in [-0.2, -0.15) is 0 Å². The molecule has 3 aromatic rings. The van der Waals surface area contributed by atoms with E-state index in [9.17, 15) is 4.79 Å². The Hall–Kier alpha value is -2.96. The summed E-state index contributed by atoms with van der Waals surface area (Å²) in [7, 11) is 0. The Morgan fingerprint density at radius 3 is 2.90 bits per heavy atom. The van der Waals surface area contributed by atoms with Crippen LogP contribution in [0.25, 0.3) is 6.08 Å². The van der Waals surface area contributed by atoms with Gasteiger partial charge in [0.05, 0.1) is 16.8 Å². The van der Waals surface area contributed by atoms with Crippen LogP contribution >= 0.6 is 15.9 Å². The summed E-state index contributed by atoms with van der Waals surface area (Å²) >= 11 is 3.46. The number of halogens is 1. The van der Waals surface area contributed by atoms with Crippen LogP contribution in [0.15, 0.2) is 71.0 Å². The third-order valence-electron chi connectivity index (χ3n) is 4.94. The molecule has 0 saturated heterocycles. The van der Waals surface area contributed by atoms with Crippen molar-refractivity contribution in [1.82, 2.24) is 9.88 Å². The summed E-state index contributed by atoms with van der Waals surface area (Å²) in [4.78, 5) is 19.4. The van der Waals surface area contributed by atoms with E-state index in [1.165, 1.54) is 0 Å². The van der Waals surface area contributed by atoms with E-state index in [1.54, 1.807) is 18.3 Å². The van der Waals surface area contributed by atoms with Gasteiger partial charge in [-0.25, -0.2) is 0 Å². The number of allylic oxidation sites excluding steroid dienone is 1. The number of carbonyl (C=O) groups is 1. The Kier molecular flexibility index (Phi) is 4.66. The average molecular weight is 449 g/mol. The lowest BCUT2D eigenvalue weighted by atomic mass is 10.0. The van der Waals surface area contributed by atoms with Gasteiger partial charge in [0, 0.05) is 23.8 Å². The van der Waals surface area contributed by atoms with Gasteiger partial charge in [-0.3, -0.25) is 14.7 Å². The summed E-state index contributed by atoms with van der Waals surface area (Å²) < 4.78 is 12.9. The number of Topliss-reactive ketones (excluding diaryl/α,β-unsaturated/α-hetero) is 1. The van der Waals surface area contributed by atoms with Crippen LogP contribution in [0.4, 0.5) is 0 Å². The number of ether oxygens (including phenoxy) is 2. The van der Waals surface area contributed by atoms with Gasteiger partial charge in [-0.05, 0) is 48.0 Å². The van der Waals surface area contributed by atoms with Crippen LogP contribution in [0.3, 0.4) is 0 Å². The van der Waals surface area contributed by atoms with Crippen LogP contribution < -0.4 is 9.47 Å². The zero-order chi connectivity index (χ0) is 19.8. The Morgan fingerprint density at radius 2 is 2.07 bits per heavy atom. The SMILES string of the molecule is O=C1C(=Cc2cccc(Br)c2)Oc2c1ccc1c2CN(Cc2ccccn2)CO1. The van der Waals surface area contributed by atoms with E-state index >= 15 is 0 Å². The number of hydrogen-bond acceptors (Lipinski definition) is 5. The molecule has 2 aliphatic heterocycles. The number of benzene rings is 2. The van der Waals surface area contributed by atoms with Gasteiger partial charge in [-0.15, -0.1) is 0 Å². The van der Waals surface area contributed by atoms with Crippen molar-refractivity contribution < 1.29 is 14.3 Å². The molecule has 0 aliphatic carbocycles. The fourth-order valence-corrected chi connectivity index (χ4v) is 3.99. The predicted molar refractivity (Wildman–Crippen MR) is 112 cm³/mol. The summed E-state index contributed by atoms with van der Waals surface area (Å²) in [6, 6.07) is 17.2. The third kappa shape index (κ3) is 3.57. The van der Waals surface area contributed by atoms with Crippen molar-refractivity contribution in [3.63, 3.8) is 0 Å². The molecule has 0 spiro atoms. The number of ketones is 1. The zero-order valence-corrected chi connectivity index (χ0v) is 17.1. The van der Waals surface area contributed by atoms with Gasteiger partial charge < -0.3 is 9.47 Å². The number of rotatable bonds is 3. The van der Waals surface area contributed by atoms with Crippen molar-refractivity contribution in [3.8, 4) is 11.5 Å². The number of carbonyl (C=O) groups excluding carboxylic acids is 1. The molecule has 29 heavy (non-hydrogen) atoms. The molecule has 0 unspecified atom stereocenters. The Morgan fingerprint density at radius 1 is 1.14 bits per heavy atom. The van der Waals surface area contributed by atoms with E-state index in [-0.39, 0.29) is 5.78 Å². The highest BCUT2D eigenvalue weighted by atomic mass is 79.9. The lowest BCUT2D eigenvalue weighted by Gasteiger charge is -2.29. The molecule has 0 bridgehead atoms. The average Bonchev–Trinajstić information content (AvgIpc) is 3.05. The zero-order valence-electron chi connectivity index (χ0n) is 15.5. The second-order valence-electron chi connectivity index (χ2n) is 7.00. The Bertz CT molecular complexity index is 1130. The molecule has 2 aliphatic rings. The fraction of sp³-hybridized carbons (Fsp3) is 0.130. The lowest BCUT2D eigenvalue weighted by Crippen LogP contribution is -2.32. The predicted octanol–water partition coefficient (Wildman–Crippen LogP) is 4.81. The Labute approximate surface area is 176 Å². The second-order valence-corrected chi connectivity index (χ2v) is 7.91. The largest absolute Gasteiger partial charge is 0.478 e. The molecular weight excluding hydrogens is 432 g/mol. The first-order valence-corrected chi connectivity index (χ1v) is 10.1. The van der Waals surface area contributed by atoms with Crippen molar-refractivity contribution >= 4 is 27.8 Å².